The molecule has 1 aromatic rings. The number of hydrogen-bond acceptors (Lipinski definition) is 2. The highest BCUT2D eigenvalue weighted by Gasteiger charge is 2.11. The molecule has 2 N–H and O–H groups in total. The lowest BCUT2D eigenvalue weighted by atomic mass is 10.1. The van der Waals surface area contributed by atoms with Crippen LogP contribution in [0.15, 0.2) is 18.2 Å². The van der Waals surface area contributed by atoms with Gasteiger partial charge in [0.1, 0.15) is 11.9 Å². The van der Waals surface area contributed by atoms with Gasteiger partial charge in [-0.15, -0.1) is 0 Å². The molecule has 0 amide bonds. The Hall–Kier alpha value is -0.800. The van der Waals surface area contributed by atoms with E-state index in [0.717, 1.165) is 0 Å². The number of nitrogens with two attached hydrogens (primary N) is 1. The number of ether oxygens (including phenoxy) is 1. The first kappa shape index (κ1) is 11.3. The molecule has 0 saturated heterocycles. The van der Waals surface area contributed by atoms with Crippen molar-refractivity contribution in [2.75, 3.05) is 13.7 Å². The maximum absolute atomic E-state index is 13.4. The Labute approximate surface area is 87.8 Å². The molecule has 0 heterocycles. The van der Waals surface area contributed by atoms with Crippen LogP contribution in [-0.2, 0) is 0 Å². The molecule has 0 saturated carbocycles. The summed E-state index contributed by atoms with van der Waals surface area (Å²) in [6.45, 7) is 0.326. The first-order chi connectivity index (χ1) is 6.69. The molecule has 1 aromatic carbocycles. The van der Waals surface area contributed by atoms with Crippen LogP contribution in [0.2, 0.25) is 5.02 Å². The first-order valence-corrected chi connectivity index (χ1v) is 4.74. The van der Waals surface area contributed by atoms with Gasteiger partial charge in [-0.3, -0.25) is 0 Å². The predicted octanol–water partition coefficient (Wildman–Crippen LogP) is 2.71. The molecule has 0 bridgehead atoms. The van der Waals surface area contributed by atoms with Crippen molar-refractivity contribution in [1.82, 2.24) is 0 Å². The third kappa shape index (κ3) is 2.59. The quantitative estimate of drug-likeness (QED) is 0.842. The number of methoxy groups -OCH3 is 1. The Morgan fingerprint density at radius 3 is 2.86 bits per heavy atom. The van der Waals surface area contributed by atoms with Gasteiger partial charge in [0.2, 0.25) is 0 Å². The fourth-order valence-corrected chi connectivity index (χ4v) is 1.38. The van der Waals surface area contributed by atoms with E-state index in [4.69, 9.17) is 22.1 Å². The van der Waals surface area contributed by atoms with Crippen molar-refractivity contribution in [1.29, 1.82) is 0 Å². The van der Waals surface area contributed by atoms with Crippen LogP contribution in [0.4, 0.5) is 4.39 Å². The summed E-state index contributed by atoms with van der Waals surface area (Å²) in [6, 6.07) is 4.87. The van der Waals surface area contributed by atoms with Crippen molar-refractivity contribution in [3.05, 3.63) is 28.8 Å². The van der Waals surface area contributed by atoms with Crippen molar-refractivity contribution < 1.29 is 9.13 Å². The van der Waals surface area contributed by atoms with Gasteiger partial charge >= 0.3 is 0 Å². The third-order valence-electron chi connectivity index (χ3n) is 1.96. The molecule has 1 unspecified atom stereocenters. The zero-order chi connectivity index (χ0) is 10.6. The van der Waals surface area contributed by atoms with E-state index >= 15 is 0 Å². The lowest BCUT2D eigenvalue weighted by Crippen LogP contribution is -2.03. The number of rotatable bonds is 4. The topological polar surface area (TPSA) is 35.2 Å². The maximum atomic E-state index is 13.4. The second-order valence-corrected chi connectivity index (χ2v) is 3.35. The molecule has 0 aliphatic rings. The Kier molecular flexibility index (Phi) is 4.17. The molecule has 4 heteroatoms. The molecular formula is C10H13ClFNO. The highest BCUT2D eigenvalue weighted by Crippen LogP contribution is 2.30. The van der Waals surface area contributed by atoms with Gasteiger partial charge in [-0.1, -0.05) is 17.7 Å². The molecule has 0 aliphatic carbocycles. The normalized spacial score (nSPS) is 12.6. The molecule has 0 fully saturated rings. The summed E-state index contributed by atoms with van der Waals surface area (Å²) in [6.07, 6.45) is -0.740. The lowest BCUT2D eigenvalue weighted by Gasteiger charge is -2.09. The van der Waals surface area contributed by atoms with Crippen LogP contribution in [0.3, 0.4) is 0 Å². The summed E-state index contributed by atoms with van der Waals surface area (Å²) >= 11 is 5.81. The number of hydrogen-bond donors (Lipinski definition) is 1. The molecule has 14 heavy (non-hydrogen) atoms. The van der Waals surface area contributed by atoms with Gasteiger partial charge in [0.15, 0.2) is 0 Å². The minimum absolute atomic E-state index is 0.310. The van der Waals surface area contributed by atoms with Gasteiger partial charge in [0.05, 0.1) is 12.1 Å². The third-order valence-corrected chi connectivity index (χ3v) is 2.27. The van der Waals surface area contributed by atoms with E-state index in [1.165, 1.54) is 7.11 Å². The van der Waals surface area contributed by atoms with E-state index in [-0.39, 0.29) is 0 Å². The highest BCUT2D eigenvalue weighted by atomic mass is 35.5. The fourth-order valence-electron chi connectivity index (χ4n) is 1.18. The summed E-state index contributed by atoms with van der Waals surface area (Å²) in [7, 11) is 1.50. The zero-order valence-electron chi connectivity index (χ0n) is 7.97. The monoisotopic (exact) mass is 217 g/mol. The largest absolute Gasteiger partial charge is 0.495 e. The molecular weight excluding hydrogens is 205 g/mol. The number of alkyl halides is 1. The summed E-state index contributed by atoms with van der Waals surface area (Å²) < 4.78 is 18.4. The predicted molar refractivity (Wildman–Crippen MR) is 55.5 cm³/mol. The van der Waals surface area contributed by atoms with Crippen molar-refractivity contribution in [2.45, 2.75) is 12.6 Å². The van der Waals surface area contributed by atoms with Crippen molar-refractivity contribution >= 4 is 11.6 Å². The highest BCUT2D eigenvalue weighted by molar-refractivity contribution is 6.32. The zero-order valence-corrected chi connectivity index (χ0v) is 8.72. The first-order valence-electron chi connectivity index (χ1n) is 4.36. The average Bonchev–Trinajstić information content (AvgIpc) is 2.19. The van der Waals surface area contributed by atoms with Crippen molar-refractivity contribution in [3.63, 3.8) is 0 Å². The molecule has 1 rings (SSSR count). The van der Waals surface area contributed by atoms with Crippen LogP contribution < -0.4 is 10.5 Å². The summed E-state index contributed by atoms with van der Waals surface area (Å²) in [5.41, 5.74) is 5.82. The van der Waals surface area contributed by atoms with E-state index in [1.807, 2.05) is 0 Å². The summed E-state index contributed by atoms with van der Waals surface area (Å²) in [4.78, 5) is 0. The molecule has 0 aliphatic heterocycles. The lowest BCUT2D eigenvalue weighted by molar-refractivity contribution is 0.325. The summed E-state index contributed by atoms with van der Waals surface area (Å²) in [5, 5.41) is 0.483. The van der Waals surface area contributed by atoms with Crippen molar-refractivity contribution in [2.24, 2.45) is 5.73 Å². The van der Waals surface area contributed by atoms with Crippen LogP contribution in [0, 0.1) is 0 Å². The van der Waals surface area contributed by atoms with Gasteiger partial charge in [-0.05, 0) is 30.7 Å². The van der Waals surface area contributed by atoms with Gasteiger partial charge in [0, 0.05) is 0 Å². The molecule has 0 aromatic heterocycles. The van der Waals surface area contributed by atoms with Gasteiger partial charge < -0.3 is 10.5 Å². The Morgan fingerprint density at radius 1 is 1.57 bits per heavy atom. The minimum atomic E-state index is -1.05. The second kappa shape index (κ2) is 5.17. The van der Waals surface area contributed by atoms with E-state index in [9.17, 15) is 4.39 Å². The van der Waals surface area contributed by atoms with Crippen LogP contribution in [0.25, 0.3) is 0 Å². The Bertz CT molecular complexity index is 306. The van der Waals surface area contributed by atoms with E-state index < -0.39 is 6.17 Å². The van der Waals surface area contributed by atoms with Crippen LogP contribution in [0.1, 0.15) is 18.2 Å². The van der Waals surface area contributed by atoms with Crippen LogP contribution in [0.5, 0.6) is 5.75 Å². The van der Waals surface area contributed by atoms with Gasteiger partial charge in [-0.25, -0.2) is 4.39 Å². The standard InChI is InChI=1S/C10H13ClFNO/c1-14-10-6-7(2-3-8(10)11)9(12)4-5-13/h2-3,6,9H,4-5,13H2,1H3. The smallest absolute Gasteiger partial charge is 0.137 e. The van der Waals surface area contributed by atoms with E-state index in [1.54, 1.807) is 18.2 Å². The van der Waals surface area contributed by atoms with Crippen LogP contribution >= 0.6 is 11.6 Å². The van der Waals surface area contributed by atoms with E-state index in [0.29, 0.717) is 29.3 Å². The van der Waals surface area contributed by atoms with Crippen LogP contribution in [-0.4, -0.2) is 13.7 Å². The Balaban J connectivity index is 2.88. The SMILES string of the molecule is COc1cc(C(F)CCN)ccc1Cl. The minimum Gasteiger partial charge on any atom is -0.495 e. The van der Waals surface area contributed by atoms with Crippen molar-refractivity contribution in [3.8, 4) is 5.75 Å². The average molecular weight is 218 g/mol. The molecule has 0 spiro atoms. The van der Waals surface area contributed by atoms with Gasteiger partial charge in [-0.2, -0.15) is 0 Å². The second-order valence-electron chi connectivity index (χ2n) is 2.94. The Morgan fingerprint density at radius 2 is 2.29 bits per heavy atom. The maximum Gasteiger partial charge on any atom is 0.137 e. The molecule has 0 radical (unpaired) electrons. The molecule has 2 nitrogen and oxygen atoms in total. The molecule has 1 atom stereocenters. The van der Waals surface area contributed by atoms with E-state index in [2.05, 4.69) is 0 Å². The fraction of sp³-hybridized carbons (Fsp3) is 0.400. The van der Waals surface area contributed by atoms with Gasteiger partial charge in [0.25, 0.3) is 0 Å². The number of benzene rings is 1. The number of halogens is 2. The summed E-state index contributed by atoms with van der Waals surface area (Å²) in [5.74, 6) is 0.490. The molecule has 78 valence electrons.